The van der Waals surface area contributed by atoms with E-state index in [1.54, 1.807) is 0 Å². The van der Waals surface area contributed by atoms with Gasteiger partial charge in [-0.15, -0.1) is 0 Å². The van der Waals surface area contributed by atoms with Crippen LogP contribution in [0.4, 0.5) is 71.4 Å². The Kier molecular flexibility index (Phi) is 40.7. The number of carboxylic acid groups (broad SMARTS) is 4. The first kappa shape index (κ1) is 89.3. The van der Waals surface area contributed by atoms with Crippen LogP contribution in [0.5, 0.6) is 0 Å². The minimum Gasteiger partial charge on any atom is -0.545 e. The summed E-state index contributed by atoms with van der Waals surface area (Å²) < 4.78 is 0. The van der Waals surface area contributed by atoms with Crippen LogP contribution in [0.1, 0.15) is 0 Å². The van der Waals surface area contributed by atoms with Gasteiger partial charge < -0.3 is 108 Å². The van der Waals surface area contributed by atoms with E-state index in [0.29, 0.717) is 59.3 Å². The molecule has 42 heteroatoms. The maximum absolute atomic E-state index is 9.41. The molecule has 24 N–H and O–H groups in total. The Morgan fingerprint density at radius 3 is 0.375 bits per heavy atom. The van der Waals surface area contributed by atoms with Crippen LogP contribution < -0.4 is 89.2 Å². The summed E-state index contributed by atoms with van der Waals surface area (Å²) in [6.07, 6.45) is 1.54. The molecule has 0 radical (unpaired) electrons. The molecule has 38 nitrogen and oxygen atoms in total. The van der Waals surface area contributed by atoms with Gasteiger partial charge in [-0.25, -0.2) is 0 Å². The van der Waals surface area contributed by atoms with E-state index in [4.69, 9.17) is 68.8 Å². The summed E-state index contributed by atoms with van der Waals surface area (Å²) in [5.41, 5.74) is 70.7. The van der Waals surface area contributed by atoms with Crippen molar-refractivity contribution in [3.63, 3.8) is 0 Å². The number of benzene rings is 6. The van der Waals surface area contributed by atoms with Gasteiger partial charge in [-0.2, -0.15) is 89.7 Å². The fourth-order valence-corrected chi connectivity index (χ4v) is 7.03. The van der Waals surface area contributed by atoms with Gasteiger partial charge in [0.05, 0.1) is 23.9 Å². The van der Waals surface area contributed by atoms with E-state index in [1.165, 1.54) is 0 Å². The summed E-state index contributed by atoms with van der Waals surface area (Å²) in [5.74, 6) is -1.59. The maximum atomic E-state index is 9.41. The molecule has 6 heterocycles. The minimum atomic E-state index is -1.55. The number of nitrogens with zero attached hydrogens (tertiary/aromatic N) is 18. The Bertz CT molecular complexity index is 3820. The number of hydrogen-bond donors (Lipinski definition) is 12. The molecule has 0 bridgehead atoms. The predicted octanol–water partition coefficient (Wildman–Crippen LogP) is -1.71. The largest absolute Gasteiger partial charge is 1.00 e. The summed E-state index contributed by atoms with van der Waals surface area (Å²) in [6.45, 7) is 0. The number of anilines is 12. The van der Waals surface area contributed by atoms with Crippen molar-refractivity contribution in [2.75, 3.05) is 68.8 Å². The monoisotopic (exact) mass is 1780 g/mol. The predicted molar refractivity (Wildman–Crippen MR) is 363 cm³/mol. The molecule has 0 atom stereocenters. The summed E-state index contributed by atoms with van der Waals surface area (Å²) in [7, 11) is 0. The smallest absolute Gasteiger partial charge is 0.545 e. The van der Waals surface area contributed by atoms with Crippen LogP contribution in [0.25, 0.3) is 68.3 Å². The first-order valence-electron chi connectivity index (χ1n) is 27.9. The van der Waals surface area contributed by atoms with Gasteiger partial charge in [-0.05, 0) is 24.3 Å². The molecule has 0 saturated heterocycles. The number of aliphatic carboxylic acids is 4. The van der Waals surface area contributed by atoms with Crippen LogP contribution in [-0.4, -0.2) is 114 Å². The van der Waals surface area contributed by atoms with Crippen molar-refractivity contribution in [1.82, 2.24) is 89.7 Å². The Morgan fingerprint density at radius 1 is 0.192 bits per heavy atom. The Balaban J connectivity index is 0.000000596. The van der Waals surface area contributed by atoms with Crippen LogP contribution in [0.2, 0.25) is 0 Å². The number of carbonyl (C=O) groups is 4. The normalized spacial score (nSPS) is 9.54. The second kappa shape index (κ2) is 47.4. The van der Waals surface area contributed by atoms with E-state index in [0.717, 1.165) is 33.4 Å². The summed E-state index contributed by atoms with van der Waals surface area (Å²) in [5, 5.41) is 37.7. The van der Waals surface area contributed by atoms with E-state index < -0.39 is 23.9 Å². The zero-order valence-corrected chi connectivity index (χ0v) is 59.0. The van der Waals surface area contributed by atoms with Gasteiger partial charge >= 0.3 is 89.5 Å². The quantitative estimate of drug-likeness (QED) is 0.0536. The first-order valence-corrected chi connectivity index (χ1v) is 27.9. The van der Waals surface area contributed by atoms with Crippen molar-refractivity contribution in [3.8, 4) is 68.3 Å². The average Bonchev–Trinajstić information content (AvgIpc) is 0.896. The molecule has 0 aliphatic heterocycles. The molecule has 0 unspecified atom stereocenters. The molecule has 0 amide bonds. The van der Waals surface area contributed by atoms with E-state index in [9.17, 15) is 39.6 Å². The molecule has 12 aromatic rings. The van der Waals surface area contributed by atoms with Crippen molar-refractivity contribution in [1.29, 1.82) is 0 Å². The van der Waals surface area contributed by atoms with Crippen molar-refractivity contribution >= 4 is 95.3 Å². The third kappa shape index (κ3) is 34.9. The molecule has 12 rings (SSSR count). The molecule has 0 fully saturated rings. The van der Waals surface area contributed by atoms with Gasteiger partial charge in [0, 0.05) is 33.4 Å². The van der Waals surface area contributed by atoms with Crippen LogP contribution >= 0.6 is 0 Å². The number of carboxylic acids is 4. The second-order valence-electron chi connectivity index (χ2n) is 18.4. The van der Waals surface area contributed by atoms with Crippen LogP contribution in [0, 0.1) is 0 Å². The third-order valence-corrected chi connectivity index (χ3v) is 10.9. The van der Waals surface area contributed by atoms with E-state index >= 15 is 0 Å². The number of rotatable bonds is 10. The van der Waals surface area contributed by atoms with Crippen molar-refractivity contribution in [3.05, 3.63) is 206 Å². The Hall–Kier alpha value is -12.7. The molecule has 0 spiro atoms. The zero-order chi connectivity index (χ0) is 72.9. The molecular formula is C62H58Ag4N30O8. The van der Waals surface area contributed by atoms with Crippen molar-refractivity contribution < 1.29 is 129 Å². The van der Waals surface area contributed by atoms with Crippen molar-refractivity contribution in [2.45, 2.75) is 0 Å². The van der Waals surface area contributed by atoms with E-state index in [2.05, 4.69) is 89.7 Å². The van der Waals surface area contributed by atoms with Crippen molar-refractivity contribution in [2.24, 2.45) is 0 Å². The third-order valence-electron chi connectivity index (χ3n) is 10.9. The molecule has 0 aliphatic rings. The molecule has 0 saturated carbocycles. The maximum Gasteiger partial charge on any atom is 1.00 e. The first-order chi connectivity index (χ1) is 47.8. The SMILES string of the molecule is Nc1nc(N)nc(-c2ccccc2)n1.Nc1nc(N)nc(-c2ccccc2)n1.Nc1nc(N)nc(-c2ccccc2)n1.Nc1nc(N)nc(-c2ccccc2)n1.Nc1nc(N)nc(-c2ccccc2)n1.Nc1nc(N)nc(-c2ccccc2)n1.O=C([O-])/C=C\C(=O)[O-].O=C([O-])/C=C\C(=O)[O-].[Ag+].[Ag+].[Ag+].[Ag+]. The second-order valence-corrected chi connectivity index (χ2v) is 18.4. The molecular weight excluding hydrogens is 1720 g/mol. The Labute approximate surface area is 652 Å². The van der Waals surface area contributed by atoms with Gasteiger partial charge in [-0.3, -0.25) is 0 Å². The van der Waals surface area contributed by atoms with Gasteiger partial charge in [0.1, 0.15) is 0 Å². The minimum absolute atomic E-state index is 0. The topological polar surface area (TPSA) is 705 Å². The number of carbonyl (C=O) groups excluding carboxylic acids is 4. The fraction of sp³-hybridized carbons (Fsp3) is 0. The van der Waals surface area contributed by atoms with E-state index in [1.807, 2.05) is 182 Å². The summed E-state index contributed by atoms with van der Waals surface area (Å²) in [4.78, 5) is 108. The van der Waals surface area contributed by atoms with Gasteiger partial charge in [0.25, 0.3) is 0 Å². The Morgan fingerprint density at radius 2 is 0.288 bits per heavy atom. The summed E-state index contributed by atoms with van der Waals surface area (Å²) in [6, 6.07) is 56.8. The molecule has 0 aliphatic carbocycles. The molecule has 6 aromatic carbocycles. The van der Waals surface area contributed by atoms with Crippen LogP contribution in [-0.2, 0) is 109 Å². The number of aromatic nitrogens is 18. The molecule has 548 valence electrons. The standard InChI is InChI=1S/6C9H9N5.2C4H4O4.4Ag/c6*10-8-12-7(13-9(11)14-8)6-4-2-1-3-5-6;2*5-3(6)1-2-4(7)8;;;;/h6*1-5H,(H4,10,11,12,13,14);2*1-2H,(H,5,6)(H,7,8);;;;/q;;;;;;;;4*+1/p-4/b;;;;;;2*2-1-;;;;. The van der Waals surface area contributed by atoms with Gasteiger partial charge in [0.2, 0.25) is 71.4 Å². The van der Waals surface area contributed by atoms with Crippen LogP contribution in [0.3, 0.4) is 0 Å². The average molecular weight is 1780 g/mol. The number of nitrogens with two attached hydrogens (primary N) is 12. The fourth-order valence-electron chi connectivity index (χ4n) is 7.03. The van der Waals surface area contributed by atoms with E-state index in [-0.39, 0.29) is 161 Å². The molecule has 104 heavy (non-hydrogen) atoms. The zero-order valence-electron chi connectivity index (χ0n) is 53.1. The van der Waals surface area contributed by atoms with Gasteiger partial charge in [-0.1, -0.05) is 182 Å². The number of nitrogen functional groups attached to an aromatic ring is 12. The summed E-state index contributed by atoms with van der Waals surface area (Å²) >= 11 is 0. The molecule has 6 aromatic heterocycles. The van der Waals surface area contributed by atoms with Crippen LogP contribution in [0.15, 0.2) is 206 Å². The number of hydrogen-bond acceptors (Lipinski definition) is 38. The van der Waals surface area contributed by atoms with Gasteiger partial charge in [0.15, 0.2) is 34.9 Å².